The van der Waals surface area contributed by atoms with Gasteiger partial charge in [0.1, 0.15) is 5.82 Å². The van der Waals surface area contributed by atoms with Crippen LogP contribution in [0.5, 0.6) is 0 Å². The van der Waals surface area contributed by atoms with Crippen LogP contribution in [0.2, 0.25) is 0 Å². The molecule has 4 rings (SSSR count). The molecule has 29 heavy (non-hydrogen) atoms. The van der Waals surface area contributed by atoms with Crippen molar-refractivity contribution >= 4 is 0 Å². The monoisotopic (exact) mass is 410 g/mol. The van der Waals surface area contributed by atoms with Crippen LogP contribution in [0.3, 0.4) is 0 Å². The van der Waals surface area contributed by atoms with Crippen LogP contribution in [0.25, 0.3) is 0 Å². The Bertz CT molecular complexity index is 667. The van der Waals surface area contributed by atoms with Gasteiger partial charge in [-0.15, -0.1) is 0 Å². The molecule has 0 bridgehead atoms. The fourth-order valence-electron chi connectivity index (χ4n) is 4.73. The second kappa shape index (κ2) is 9.29. The van der Waals surface area contributed by atoms with E-state index in [1.54, 1.807) is 6.20 Å². The number of nitrogens with one attached hydrogen (secondary N) is 1. The van der Waals surface area contributed by atoms with Crippen molar-refractivity contribution in [1.82, 2.24) is 20.2 Å². The number of halogens is 3. The van der Waals surface area contributed by atoms with Gasteiger partial charge in [0, 0.05) is 49.9 Å². The highest BCUT2D eigenvalue weighted by Gasteiger charge is 2.29. The quantitative estimate of drug-likeness (QED) is 0.736. The summed E-state index contributed by atoms with van der Waals surface area (Å²) in [5.74, 6) is 1.16. The average molecular weight is 411 g/mol. The summed E-state index contributed by atoms with van der Waals surface area (Å²) < 4.78 is 37.3. The maximum Gasteiger partial charge on any atom is 0.389 e. The molecule has 162 valence electrons. The molecule has 1 aliphatic heterocycles. The van der Waals surface area contributed by atoms with Gasteiger partial charge in [-0.1, -0.05) is 0 Å². The minimum Gasteiger partial charge on any atom is -0.311 e. The topological polar surface area (TPSA) is 41.1 Å². The van der Waals surface area contributed by atoms with Crippen molar-refractivity contribution in [3.8, 4) is 0 Å². The van der Waals surface area contributed by atoms with E-state index in [4.69, 9.17) is 0 Å². The van der Waals surface area contributed by atoms with E-state index in [1.807, 2.05) is 0 Å². The fourth-order valence-corrected chi connectivity index (χ4v) is 4.73. The Morgan fingerprint density at radius 3 is 2.38 bits per heavy atom. The van der Waals surface area contributed by atoms with Gasteiger partial charge in [-0.05, 0) is 69.4 Å². The lowest BCUT2D eigenvalue weighted by Gasteiger charge is -2.31. The number of aromatic nitrogens is 2. The molecular formula is C22H33F3N4. The van der Waals surface area contributed by atoms with Gasteiger partial charge in [0.05, 0.1) is 6.42 Å². The molecule has 0 aromatic carbocycles. The lowest BCUT2D eigenvalue weighted by molar-refractivity contribution is -0.134. The van der Waals surface area contributed by atoms with E-state index in [0.717, 1.165) is 61.7 Å². The number of aryl methyl sites for hydroxylation is 1. The summed E-state index contributed by atoms with van der Waals surface area (Å²) in [5, 5.41) is 3.77. The number of hydrogen-bond acceptors (Lipinski definition) is 4. The molecule has 1 aromatic heterocycles. The first-order chi connectivity index (χ1) is 13.9. The van der Waals surface area contributed by atoms with E-state index in [2.05, 4.69) is 20.2 Å². The molecular weight excluding hydrogens is 377 g/mol. The number of hydrogen-bond donors (Lipinski definition) is 1. The predicted molar refractivity (Wildman–Crippen MR) is 107 cm³/mol. The zero-order valence-electron chi connectivity index (χ0n) is 17.2. The van der Waals surface area contributed by atoms with Gasteiger partial charge in [-0.2, -0.15) is 13.2 Å². The SMILES string of the molecule is FC(F)(F)CCc1ncc2c(n1)CCN(CCC1CCC(NC3CC3)CC1)CC2. The zero-order chi connectivity index (χ0) is 20.3. The van der Waals surface area contributed by atoms with Crippen molar-refractivity contribution < 1.29 is 13.2 Å². The van der Waals surface area contributed by atoms with Gasteiger partial charge < -0.3 is 10.2 Å². The van der Waals surface area contributed by atoms with E-state index in [9.17, 15) is 13.2 Å². The van der Waals surface area contributed by atoms with E-state index < -0.39 is 12.6 Å². The third-order valence-corrected chi connectivity index (χ3v) is 6.75. The molecule has 2 heterocycles. The molecule has 7 heteroatoms. The third kappa shape index (κ3) is 6.64. The number of fused-ring (bicyclic) bond motifs is 1. The second-order valence-corrected chi connectivity index (χ2v) is 9.16. The summed E-state index contributed by atoms with van der Waals surface area (Å²) in [6, 6.07) is 1.56. The Morgan fingerprint density at radius 2 is 1.69 bits per heavy atom. The number of nitrogens with zero attached hydrogens (tertiary/aromatic N) is 3. The van der Waals surface area contributed by atoms with Crippen LogP contribution in [0, 0.1) is 5.92 Å². The maximum atomic E-state index is 12.4. The highest BCUT2D eigenvalue weighted by molar-refractivity contribution is 5.20. The van der Waals surface area contributed by atoms with Gasteiger partial charge in [-0.25, -0.2) is 9.97 Å². The molecule has 0 unspecified atom stereocenters. The van der Waals surface area contributed by atoms with Crippen LogP contribution >= 0.6 is 0 Å². The predicted octanol–water partition coefficient (Wildman–Crippen LogP) is 4.07. The Hall–Kier alpha value is -1.21. The largest absolute Gasteiger partial charge is 0.389 e. The highest BCUT2D eigenvalue weighted by atomic mass is 19.4. The Balaban J connectivity index is 1.20. The summed E-state index contributed by atoms with van der Waals surface area (Å²) >= 11 is 0. The minimum absolute atomic E-state index is 0.126. The van der Waals surface area contributed by atoms with Crippen LogP contribution in [0.15, 0.2) is 6.20 Å². The molecule has 1 N–H and O–H groups in total. The van der Waals surface area contributed by atoms with E-state index in [1.165, 1.54) is 44.9 Å². The van der Waals surface area contributed by atoms with Gasteiger partial charge >= 0.3 is 6.18 Å². The average Bonchev–Trinajstić information content (AvgIpc) is 3.52. The van der Waals surface area contributed by atoms with E-state index in [-0.39, 0.29) is 6.42 Å². The molecule has 2 fully saturated rings. The van der Waals surface area contributed by atoms with Crippen molar-refractivity contribution in [2.75, 3.05) is 19.6 Å². The summed E-state index contributed by atoms with van der Waals surface area (Å²) in [4.78, 5) is 11.1. The van der Waals surface area contributed by atoms with Crippen LogP contribution in [-0.4, -0.2) is 52.8 Å². The fraction of sp³-hybridized carbons (Fsp3) is 0.818. The lowest BCUT2D eigenvalue weighted by atomic mass is 9.84. The molecule has 4 nitrogen and oxygen atoms in total. The molecule has 3 aliphatic rings. The standard InChI is InChI=1S/C22H33F3N4/c23-22(24,25)11-7-21-26-15-17-9-13-29(14-10-20(17)28-21)12-8-16-1-3-18(4-2-16)27-19-5-6-19/h15-16,18-19,27H,1-14H2. The molecule has 0 amide bonds. The Labute approximate surface area is 171 Å². The van der Waals surface area contributed by atoms with Crippen LogP contribution in [0.1, 0.15) is 68.4 Å². The lowest BCUT2D eigenvalue weighted by Crippen LogP contribution is -2.35. The summed E-state index contributed by atoms with van der Waals surface area (Å²) in [6.07, 6.45) is 7.65. The van der Waals surface area contributed by atoms with E-state index >= 15 is 0 Å². The molecule has 0 saturated heterocycles. The third-order valence-electron chi connectivity index (χ3n) is 6.75. The number of alkyl halides is 3. The minimum atomic E-state index is -4.15. The summed E-state index contributed by atoms with van der Waals surface area (Å²) in [5.41, 5.74) is 2.06. The first-order valence-corrected chi connectivity index (χ1v) is 11.3. The van der Waals surface area contributed by atoms with Crippen LogP contribution in [-0.2, 0) is 19.3 Å². The Kier molecular flexibility index (Phi) is 6.74. The molecule has 0 radical (unpaired) electrons. The summed E-state index contributed by atoms with van der Waals surface area (Å²) in [6.45, 7) is 3.06. The van der Waals surface area contributed by atoms with Gasteiger partial charge in [0.25, 0.3) is 0 Å². The first-order valence-electron chi connectivity index (χ1n) is 11.3. The zero-order valence-corrected chi connectivity index (χ0v) is 17.2. The highest BCUT2D eigenvalue weighted by Crippen LogP contribution is 2.30. The van der Waals surface area contributed by atoms with Crippen molar-refractivity contribution in [2.45, 2.75) is 88.9 Å². The summed E-state index contributed by atoms with van der Waals surface area (Å²) in [7, 11) is 0. The molecule has 0 spiro atoms. The van der Waals surface area contributed by atoms with Crippen molar-refractivity contribution in [3.05, 3.63) is 23.3 Å². The number of rotatable bonds is 7. The molecule has 0 atom stereocenters. The molecule has 2 saturated carbocycles. The van der Waals surface area contributed by atoms with Crippen LogP contribution in [0.4, 0.5) is 13.2 Å². The van der Waals surface area contributed by atoms with Crippen molar-refractivity contribution in [2.24, 2.45) is 5.92 Å². The van der Waals surface area contributed by atoms with Crippen molar-refractivity contribution in [1.29, 1.82) is 0 Å². The molecule has 2 aliphatic carbocycles. The Morgan fingerprint density at radius 1 is 1.00 bits per heavy atom. The van der Waals surface area contributed by atoms with Gasteiger partial charge in [0.15, 0.2) is 0 Å². The second-order valence-electron chi connectivity index (χ2n) is 9.16. The van der Waals surface area contributed by atoms with Crippen molar-refractivity contribution in [3.63, 3.8) is 0 Å². The van der Waals surface area contributed by atoms with Gasteiger partial charge in [0.2, 0.25) is 0 Å². The first kappa shape index (κ1) is 21.0. The smallest absolute Gasteiger partial charge is 0.311 e. The maximum absolute atomic E-state index is 12.4. The normalized spacial score (nSPS) is 26.2. The van der Waals surface area contributed by atoms with E-state index in [0.29, 0.717) is 5.82 Å². The van der Waals surface area contributed by atoms with Gasteiger partial charge in [-0.3, -0.25) is 0 Å². The molecule has 1 aromatic rings. The van der Waals surface area contributed by atoms with Crippen LogP contribution < -0.4 is 5.32 Å².